The molecule has 0 atom stereocenters. The molecule has 2 N–H and O–H groups in total. The molecule has 0 aliphatic heterocycles. The van der Waals surface area contributed by atoms with Gasteiger partial charge in [-0.3, -0.25) is 0 Å². The minimum absolute atomic E-state index is 0.318. The largest absolute Gasteiger partial charge is 0.507 e. The molecule has 0 radical (unpaired) electrons. The molecule has 94 valence electrons. The Labute approximate surface area is 116 Å². The highest BCUT2D eigenvalue weighted by Crippen LogP contribution is 2.25. The number of aryl methyl sites for hydroxylation is 1. The fourth-order valence-corrected chi connectivity index (χ4v) is 2.24. The van der Waals surface area contributed by atoms with Crippen LogP contribution in [-0.4, -0.2) is 5.11 Å². The molecule has 0 saturated carbocycles. The summed E-state index contributed by atoms with van der Waals surface area (Å²) in [6, 6.07) is 10.9. The van der Waals surface area contributed by atoms with E-state index in [0.29, 0.717) is 22.3 Å². The first-order valence-corrected chi connectivity index (χ1v) is 6.29. The van der Waals surface area contributed by atoms with E-state index in [1.807, 2.05) is 25.1 Å². The van der Waals surface area contributed by atoms with E-state index in [9.17, 15) is 5.11 Å². The summed E-state index contributed by atoms with van der Waals surface area (Å²) in [5.74, 6) is 0.318. The third-order valence-corrected chi connectivity index (χ3v) is 3.10. The van der Waals surface area contributed by atoms with Crippen molar-refractivity contribution in [2.24, 2.45) is 0 Å². The maximum absolute atomic E-state index is 9.89. The summed E-state index contributed by atoms with van der Waals surface area (Å²) in [5, 5.41) is 14.2. The fraction of sp³-hybridized carbons (Fsp3) is 0.143. The molecular formula is C14H13Cl2NO. The highest BCUT2D eigenvalue weighted by atomic mass is 35.5. The van der Waals surface area contributed by atoms with Crippen LogP contribution in [0.2, 0.25) is 10.0 Å². The van der Waals surface area contributed by atoms with E-state index in [1.54, 1.807) is 18.2 Å². The van der Waals surface area contributed by atoms with E-state index < -0.39 is 0 Å². The molecule has 2 rings (SSSR count). The number of halogens is 2. The van der Waals surface area contributed by atoms with Gasteiger partial charge in [-0.05, 0) is 30.7 Å². The van der Waals surface area contributed by atoms with Gasteiger partial charge in [-0.2, -0.15) is 0 Å². The minimum Gasteiger partial charge on any atom is -0.507 e. The van der Waals surface area contributed by atoms with Gasteiger partial charge >= 0.3 is 0 Å². The average Bonchev–Trinajstić information content (AvgIpc) is 2.30. The second-order valence-electron chi connectivity index (χ2n) is 4.09. The van der Waals surface area contributed by atoms with E-state index in [-0.39, 0.29) is 0 Å². The van der Waals surface area contributed by atoms with Crippen LogP contribution in [0.4, 0.5) is 5.69 Å². The lowest BCUT2D eigenvalue weighted by molar-refractivity contribution is 0.465. The van der Waals surface area contributed by atoms with Crippen LogP contribution >= 0.6 is 23.2 Å². The summed E-state index contributed by atoms with van der Waals surface area (Å²) in [4.78, 5) is 0. The Balaban J connectivity index is 2.14. The van der Waals surface area contributed by atoms with Gasteiger partial charge < -0.3 is 10.4 Å². The molecular weight excluding hydrogens is 269 g/mol. The zero-order valence-corrected chi connectivity index (χ0v) is 11.4. The van der Waals surface area contributed by atoms with Crippen molar-refractivity contribution in [2.45, 2.75) is 13.5 Å². The lowest BCUT2D eigenvalue weighted by Crippen LogP contribution is -2.00. The third-order valence-electron chi connectivity index (χ3n) is 2.67. The van der Waals surface area contributed by atoms with Crippen LogP contribution in [0.25, 0.3) is 0 Å². The first kappa shape index (κ1) is 13.1. The Morgan fingerprint density at radius 1 is 1.11 bits per heavy atom. The van der Waals surface area contributed by atoms with Crippen molar-refractivity contribution >= 4 is 28.9 Å². The van der Waals surface area contributed by atoms with Crippen LogP contribution in [0.15, 0.2) is 36.4 Å². The molecule has 2 aromatic rings. The molecule has 0 spiro atoms. The Hall–Kier alpha value is -1.38. The summed E-state index contributed by atoms with van der Waals surface area (Å²) >= 11 is 11.8. The molecule has 0 amide bonds. The smallest absolute Gasteiger partial charge is 0.123 e. The number of hydrogen-bond donors (Lipinski definition) is 2. The Morgan fingerprint density at radius 3 is 2.44 bits per heavy atom. The lowest BCUT2D eigenvalue weighted by atomic mass is 10.1. The van der Waals surface area contributed by atoms with Crippen LogP contribution in [-0.2, 0) is 6.54 Å². The molecule has 0 unspecified atom stereocenters. The van der Waals surface area contributed by atoms with Crippen molar-refractivity contribution in [2.75, 3.05) is 5.32 Å². The predicted molar refractivity (Wildman–Crippen MR) is 76.6 cm³/mol. The third kappa shape index (κ3) is 3.09. The molecule has 0 aliphatic rings. The molecule has 0 aliphatic carbocycles. The van der Waals surface area contributed by atoms with Crippen LogP contribution < -0.4 is 5.32 Å². The first-order valence-electron chi connectivity index (χ1n) is 5.53. The SMILES string of the molecule is Cc1cccc(CNc2cc(Cl)cc(Cl)c2)c1O. The number of phenolic OH excluding ortho intramolecular Hbond substituents is 1. The van der Waals surface area contributed by atoms with Gasteiger partial charge in [-0.15, -0.1) is 0 Å². The summed E-state index contributed by atoms with van der Waals surface area (Å²) in [6.45, 7) is 2.39. The fourth-order valence-electron chi connectivity index (χ4n) is 1.72. The number of rotatable bonds is 3. The van der Waals surface area contributed by atoms with Gasteiger partial charge in [0.25, 0.3) is 0 Å². The summed E-state index contributed by atoms with van der Waals surface area (Å²) < 4.78 is 0. The van der Waals surface area contributed by atoms with Crippen molar-refractivity contribution in [3.05, 3.63) is 57.6 Å². The molecule has 0 bridgehead atoms. The first-order chi connectivity index (χ1) is 8.56. The molecule has 18 heavy (non-hydrogen) atoms. The van der Waals surface area contributed by atoms with E-state index >= 15 is 0 Å². The van der Waals surface area contributed by atoms with Gasteiger partial charge in [0.2, 0.25) is 0 Å². The van der Waals surface area contributed by atoms with E-state index in [4.69, 9.17) is 23.2 Å². The number of hydrogen-bond acceptors (Lipinski definition) is 2. The Kier molecular flexibility index (Phi) is 4.00. The highest BCUT2D eigenvalue weighted by Gasteiger charge is 2.04. The van der Waals surface area contributed by atoms with Gasteiger partial charge in [0, 0.05) is 27.8 Å². The van der Waals surface area contributed by atoms with E-state index in [0.717, 1.165) is 16.8 Å². The van der Waals surface area contributed by atoms with Gasteiger partial charge in [0.1, 0.15) is 5.75 Å². The topological polar surface area (TPSA) is 32.3 Å². The number of anilines is 1. The zero-order valence-electron chi connectivity index (χ0n) is 9.87. The number of nitrogens with one attached hydrogen (secondary N) is 1. The number of para-hydroxylation sites is 1. The van der Waals surface area contributed by atoms with Gasteiger partial charge in [0.15, 0.2) is 0 Å². The molecule has 2 aromatic carbocycles. The summed E-state index contributed by atoms with van der Waals surface area (Å²) in [5.41, 5.74) is 2.53. The predicted octanol–water partition coefficient (Wildman–Crippen LogP) is 4.62. The number of aromatic hydroxyl groups is 1. The second kappa shape index (κ2) is 5.51. The Bertz CT molecular complexity index is 549. The monoisotopic (exact) mass is 281 g/mol. The second-order valence-corrected chi connectivity index (χ2v) is 4.97. The molecule has 0 heterocycles. The number of phenols is 1. The van der Waals surface area contributed by atoms with E-state index in [1.165, 1.54) is 0 Å². The summed E-state index contributed by atoms with van der Waals surface area (Å²) in [6.07, 6.45) is 0. The van der Waals surface area contributed by atoms with Crippen molar-refractivity contribution < 1.29 is 5.11 Å². The molecule has 4 heteroatoms. The maximum atomic E-state index is 9.89. The van der Waals surface area contributed by atoms with Gasteiger partial charge in [0.05, 0.1) is 0 Å². The van der Waals surface area contributed by atoms with Crippen molar-refractivity contribution in [3.8, 4) is 5.75 Å². The lowest BCUT2D eigenvalue weighted by Gasteiger charge is -2.10. The van der Waals surface area contributed by atoms with Crippen LogP contribution in [0.5, 0.6) is 5.75 Å². The quantitative estimate of drug-likeness (QED) is 0.861. The molecule has 0 fully saturated rings. The van der Waals surface area contributed by atoms with Gasteiger partial charge in [-0.25, -0.2) is 0 Å². The highest BCUT2D eigenvalue weighted by molar-refractivity contribution is 6.35. The van der Waals surface area contributed by atoms with Gasteiger partial charge in [-0.1, -0.05) is 41.4 Å². The van der Waals surface area contributed by atoms with Crippen LogP contribution in [0, 0.1) is 6.92 Å². The standard InChI is InChI=1S/C14H13Cl2NO/c1-9-3-2-4-10(14(9)18)8-17-13-6-11(15)5-12(16)7-13/h2-7,17-18H,8H2,1H3. The Morgan fingerprint density at radius 2 is 1.78 bits per heavy atom. The molecule has 0 saturated heterocycles. The number of benzene rings is 2. The maximum Gasteiger partial charge on any atom is 0.123 e. The summed E-state index contributed by atoms with van der Waals surface area (Å²) in [7, 11) is 0. The van der Waals surface area contributed by atoms with Crippen molar-refractivity contribution in [1.82, 2.24) is 0 Å². The van der Waals surface area contributed by atoms with Crippen molar-refractivity contribution in [1.29, 1.82) is 0 Å². The normalized spacial score (nSPS) is 10.4. The average molecular weight is 282 g/mol. The molecule has 0 aromatic heterocycles. The van der Waals surface area contributed by atoms with Crippen molar-refractivity contribution in [3.63, 3.8) is 0 Å². The molecule has 2 nitrogen and oxygen atoms in total. The zero-order chi connectivity index (χ0) is 13.1. The minimum atomic E-state index is 0.318. The van der Waals surface area contributed by atoms with E-state index in [2.05, 4.69) is 5.32 Å². The van der Waals surface area contributed by atoms with Crippen LogP contribution in [0.1, 0.15) is 11.1 Å². The van der Waals surface area contributed by atoms with Crippen LogP contribution in [0.3, 0.4) is 0 Å².